The summed E-state index contributed by atoms with van der Waals surface area (Å²) in [5, 5.41) is 11.1. The summed E-state index contributed by atoms with van der Waals surface area (Å²) in [7, 11) is 0. The molecule has 0 aromatic carbocycles. The predicted octanol–water partition coefficient (Wildman–Crippen LogP) is 5.69. The first kappa shape index (κ1) is 28.0. The highest BCUT2D eigenvalue weighted by Crippen LogP contribution is 2.32. The molecule has 182 valence electrons. The quantitative estimate of drug-likeness (QED) is 0.402. The molecule has 6 nitrogen and oxygen atoms in total. The van der Waals surface area contributed by atoms with Crippen molar-refractivity contribution in [3.8, 4) is 0 Å². The number of hydrogen-bond acceptors (Lipinski definition) is 5. The van der Waals surface area contributed by atoms with Crippen LogP contribution >= 0.6 is 0 Å². The summed E-state index contributed by atoms with van der Waals surface area (Å²) >= 11 is 0. The first-order chi connectivity index (χ1) is 14.8. The minimum Gasteiger partial charge on any atom is -0.444 e. The zero-order valence-corrected chi connectivity index (χ0v) is 22.0. The topological polar surface area (TPSA) is 65.4 Å². The second-order valence-corrected chi connectivity index (χ2v) is 9.77. The molecule has 0 radical (unpaired) electrons. The third-order valence-corrected chi connectivity index (χ3v) is 5.87. The molecule has 0 aromatic heterocycles. The second-order valence-electron chi connectivity index (χ2n) is 9.77. The Hall–Kier alpha value is -2.08. The van der Waals surface area contributed by atoms with Crippen molar-refractivity contribution in [3.63, 3.8) is 0 Å². The highest BCUT2D eigenvalue weighted by molar-refractivity contribution is 6.03. The first-order valence-corrected chi connectivity index (χ1v) is 11.8. The fraction of sp³-hybridized carbons (Fsp3) is 0.692. The highest BCUT2D eigenvalue weighted by atomic mass is 16.6. The molecule has 0 aliphatic carbocycles. The molecule has 1 heterocycles. The van der Waals surface area contributed by atoms with Gasteiger partial charge in [-0.05, 0) is 73.8 Å². The molecule has 1 aliphatic rings. The summed E-state index contributed by atoms with van der Waals surface area (Å²) in [5.41, 5.74) is 2.32. The largest absolute Gasteiger partial charge is 0.444 e. The smallest absolute Gasteiger partial charge is 0.410 e. The lowest BCUT2D eigenvalue weighted by molar-refractivity contribution is 0.0100. The minimum atomic E-state index is -0.960. The van der Waals surface area contributed by atoms with E-state index < -0.39 is 11.2 Å². The standard InChI is InChI=1S/C26H45N3O3/c1-11-14-15-27-20(5)23(22(12-2)26(10,31)13-3)21(6)29-17-16-28(18-19(29)4)24(30)32-25(7,8)9/h12,14-15,19,31H,11,13,16-18H2,1-10H3/b15-14+,22-12+,23-21-,27-20-/t19-,26?/m0/s1. The van der Waals surface area contributed by atoms with Crippen molar-refractivity contribution in [2.24, 2.45) is 4.99 Å². The van der Waals surface area contributed by atoms with Gasteiger partial charge in [0.05, 0.1) is 5.60 Å². The Bertz CT molecular complexity index is 770. The molecule has 1 fully saturated rings. The number of allylic oxidation sites excluding steroid dienone is 3. The molecule has 1 aliphatic heterocycles. The number of aliphatic hydroxyl groups is 1. The number of piperazine rings is 1. The fourth-order valence-corrected chi connectivity index (χ4v) is 3.99. The third kappa shape index (κ3) is 7.51. The number of aliphatic imine (C=N–C) groups is 1. The van der Waals surface area contributed by atoms with Crippen LogP contribution in [0.4, 0.5) is 4.79 Å². The van der Waals surface area contributed by atoms with Crippen LogP contribution in [0.15, 0.2) is 40.2 Å². The molecule has 0 aromatic rings. The SMILES string of the molecule is C\C=C(C(/C(C)=N\C=C\CC)=C(/C)N1CCN(C(=O)OC(C)(C)C)C[C@@H]1C)\C(C)(O)CC. The lowest BCUT2D eigenvalue weighted by atomic mass is 9.84. The number of carbonyl (C=O) groups is 1. The Morgan fingerprint density at radius 3 is 2.28 bits per heavy atom. The molecular weight excluding hydrogens is 402 g/mol. The van der Waals surface area contributed by atoms with E-state index in [0.29, 0.717) is 26.1 Å². The summed E-state index contributed by atoms with van der Waals surface area (Å²) in [6.07, 6.45) is 7.10. The van der Waals surface area contributed by atoms with Gasteiger partial charge in [-0.3, -0.25) is 4.99 Å². The van der Waals surface area contributed by atoms with Crippen LogP contribution < -0.4 is 0 Å². The molecule has 0 saturated carbocycles. The Morgan fingerprint density at radius 2 is 1.81 bits per heavy atom. The number of carbonyl (C=O) groups excluding carboxylic acids is 1. The highest BCUT2D eigenvalue weighted by Gasteiger charge is 2.33. The number of ether oxygens (including phenoxy) is 1. The minimum absolute atomic E-state index is 0.106. The lowest BCUT2D eigenvalue weighted by Crippen LogP contribution is -2.54. The van der Waals surface area contributed by atoms with Gasteiger partial charge in [0.25, 0.3) is 0 Å². The molecule has 0 spiro atoms. The van der Waals surface area contributed by atoms with Gasteiger partial charge in [-0.1, -0.05) is 26.0 Å². The Labute approximate surface area is 195 Å². The van der Waals surface area contributed by atoms with Crippen LogP contribution in [0.3, 0.4) is 0 Å². The number of rotatable bonds is 7. The Balaban J connectivity index is 3.35. The van der Waals surface area contributed by atoms with E-state index in [1.54, 1.807) is 4.90 Å². The average molecular weight is 448 g/mol. The third-order valence-electron chi connectivity index (χ3n) is 5.87. The van der Waals surface area contributed by atoms with Crippen LogP contribution in [0.25, 0.3) is 0 Å². The van der Waals surface area contributed by atoms with E-state index in [4.69, 9.17) is 4.74 Å². The monoisotopic (exact) mass is 447 g/mol. The lowest BCUT2D eigenvalue weighted by Gasteiger charge is -2.43. The van der Waals surface area contributed by atoms with Gasteiger partial charge in [0.15, 0.2) is 0 Å². The number of hydrogen-bond donors (Lipinski definition) is 1. The van der Waals surface area contributed by atoms with Crippen LogP contribution in [0, 0.1) is 0 Å². The Morgan fingerprint density at radius 1 is 1.19 bits per heavy atom. The summed E-state index contributed by atoms with van der Waals surface area (Å²) in [6.45, 7) is 21.6. The number of amides is 1. The maximum Gasteiger partial charge on any atom is 0.410 e. The van der Waals surface area contributed by atoms with E-state index >= 15 is 0 Å². The summed E-state index contributed by atoms with van der Waals surface area (Å²) in [4.78, 5) is 21.3. The predicted molar refractivity (Wildman–Crippen MR) is 134 cm³/mol. The van der Waals surface area contributed by atoms with Crippen molar-refractivity contribution in [1.29, 1.82) is 0 Å². The van der Waals surface area contributed by atoms with Gasteiger partial charge in [-0.2, -0.15) is 0 Å². The van der Waals surface area contributed by atoms with Crippen molar-refractivity contribution in [3.05, 3.63) is 35.2 Å². The van der Waals surface area contributed by atoms with Gasteiger partial charge in [0.1, 0.15) is 5.60 Å². The van der Waals surface area contributed by atoms with Gasteiger partial charge >= 0.3 is 6.09 Å². The molecule has 1 amide bonds. The molecule has 1 rings (SSSR count). The van der Waals surface area contributed by atoms with E-state index in [1.165, 1.54) is 0 Å². The van der Waals surface area contributed by atoms with Gasteiger partial charge in [-0.15, -0.1) is 0 Å². The van der Waals surface area contributed by atoms with E-state index in [-0.39, 0.29) is 12.1 Å². The van der Waals surface area contributed by atoms with Crippen LogP contribution in [-0.2, 0) is 4.74 Å². The van der Waals surface area contributed by atoms with Crippen molar-refractivity contribution < 1.29 is 14.6 Å². The first-order valence-electron chi connectivity index (χ1n) is 11.8. The normalized spacial score (nSPS) is 21.5. The van der Waals surface area contributed by atoms with Gasteiger partial charge in [0.2, 0.25) is 0 Å². The van der Waals surface area contributed by atoms with E-state index in [1.807, 2.05) is 66.8 Å². The zero-order chi connectivity index (χ0) is 24.7. The van der Waals surface area contributed by atoms with Crippen LogP contribution in [0.1, 0.15) is 82.1 Å². The average Bonchev–Trinajstić information content (AvgIpc) is 2.69. The van der Waals surface area contributed by atoms with Gasteiger partial charge in [-0.25, -0.2) is 4.79 Å². The molecule has 1 N–H and O–H groups in total. The molecule has 1 saturated heterocycles. The van der Waals surface area contributed by atoms with Crippen molar-refractivity contribution >= 4 is 11.8 Å². The summed E-state index contributed by atoms with van der Waals surface area (Å²) in [5.74, 6) is 0. The second kappa shape index (κ2) is 11.7. The number of nitrogens with zero attached hydrogens (tertiary/aromatic N) is 3. The summed E-state index contributed by atoms with van der Waals surface area (Å²) in [6, 6.07) is 0.106. The van der Waals surface area contributed by atoms with Crippen molar-refractivity contribution in [2.75, 3.05) is 19.6 Å². The van der Waals surface area contributed by atoms with E-state index in [2.05, 4.69) is 30.7 Å². The van der Waals surface area contributed by atoms with Crippen LogP contribution in [-0.4, -0.2) is 63.6 Å². The van der Waals surface area contributed by atoms with E-state index in [9.17, 15) is 9.90 Å². The molecule has 6 heteroatoms. The van der Waals surface area contributed by atoms with Crippen LogP contribution in [0.5, 0.6) is 0 Å². The zero-order valence-electron chi connectivity index (χ0n) is 22.0. The molecule has 2 atom stereocenters. The van der Waals surface area contributed by atoms with Crippen LogP contribution in [0.2, 0.25) is 0 Å². The fourth-order valence-electron chi connectivity index (χ4n) is 3.99. The molecular formula is C26H45N3O3. The molecule has 0 bridgehead atoms. The van der Waals surface area contributed by atoms with Crippen molar-refractivity contribution in [2.45, 2.75) is 99.3 Å². The molecule has 1 unspecified atom stereocenters. The van der Waals surface area contributed by atoms with Gasteiger partial charge < -0.3 is 19.6 Å². The van der Waals surface area contributed by atoms with Gasteiger partial charge in [0, 0.05) is 48.9 Å². The van der Waals surface area contributed by atoms with E-state index in [0.717, 1.165) is 29.0 Å². The maximum atomic E-state index is 12.6. The summed E-state index contributed by atoms with van der Waals surface area (Å²) < 4.78 is 5.56. The Kier molecular flexibility index (Phi) is 10.2. The molecule has 32 heavy (non-hydrogen) atoms. The maximum absolute atomic E-state index is 12.6. The van der Waals surface area contributed by atoms with Crippen molar-refractivity contribution in [1.82, 2.24) is 9.80 Å².